The van der Waals surface area contributed by atoms with Crippen molar-refractivity contribution in [1.82, 2.24) is 15.3 Å². The lowest BCUT2D eigenvalue weighted by atomic mass is 10.0. The molecule has 28 heavy (non-hydrogen) atoms. The summed E-state index contributed by atoms with van der Waals surface area (Å²) < 4.78 is 5.72. The third-order valence-corrected chi connectivity index (χ3v) is 6.56. The number of hydrogen-bond acceptors (Lipinski definition) is 6. The molecule has 0 fully saturated rings. The first kappa shape index (κ1) is 19.1. The van der Waals surface area contributed by atoms with Gasteiger partial charge in [0.05, 0.1) is 21.9 Å². The number of nitrogens with zero attached hydrogens (tertiary/aromatic N) is 2. The second-order valence-electron chi connectivity index (χ2n) is 6.84. The Labute approximate surface area is 172 Å². The van der Waals surface area contributed by atoms with Gasteiger partial charge in [-0.25, -0.2) is 9.97 Å². The Kier molecular flexibility index (Phi) is 6.34. The molecule has 2 aromatic heterocycles. The standard InChI is InChI=1S/C21H23N3O2S2/c25-21(15-5-3-6-17(11-15)26-12-16-13-27-14-23-16)22-10-4-9-20-24-18-7-1-2-8-19(18)28-20/h3,5-6,11,13-14H,1-2,4,7-10,12H2,(H,22,25). The van der Waals surface area contributed by atoms with Crippen LogP contribution in [0.15, 0.2) is 35.2 Å². The molecule has 4 rings (SSSR count). The van der Waals surface area contributed by atoms with E-state index < -0.39 is 0 Å². The fourth-order valence-electron chi connectivity index (χ4n) is 3.25. The largest absolute Gasteiger partial charge is 0.487 e. The molecular weight excluding hydrogens is 390 g/mol. The minimum atomic E-state index is -0.0717. The monoisotopic (exact) mass is 413 g/mol. The van der Waals surface area contributed by atoms with Crippen molar-refractivity contribution in [3.05, 3.63) is 62.0 Å². The van der Waals surface area contributed by atoms with E-state index in [1.165, 1.54) is 34.8 Å². The molecule has 1 N–H and O–H groups in total. The zero-order chi connectivity index (χ0) is 19.2. The number of aromatic nitrogens is 2. The van der Waals surface area contributed by atoms with Crippen molar-refractivity contribution < 1.29 is 9.53 Å². The molecule has 1 aliphatic carbocycles. The Bertz CT molecular complexity index is 898. The lowest BCUT2D eigenvalue weighted by Gasteiger charge is -2.08. The van der Waals surface area contributed by atoms with Crippen LogP contribution in [0.25, 0.3) is 0 Å². The van der Waals surface area contributed by atoms with Crippen molar-refractivity contribution in [2.24, 2.45) is 0 Å². The highest BCUT2D eigenvalue weighted by Crippen LogP contribution is 2.27. The van der Waals surface area contributed by atoms with Crippen LogP contribution in [0.2, 0.25) is 0 Å². The molecule has 1 aliphatic rings. The van der Waals surface area contributed by atoms with Crippen LogP contribution in [0, 0.1) is 0 Å². The Morgan fingerprint density at radius 3 is 3.04 bits per heavy atom. The first-order valence-corrected chi connectivity index (χ1v) is 11.4. The number of fused-ring (bicyclic) bond motifs is 1. The number of nitrogens with one attached hydrogen (secondary N) is 1. The molecule has 0 bridgehead atoms. The van der Waals surface area contributed by atoms with Crippen molar-refractivity contribution in [1.29, 1.82) is 0 Å². The fraction of sp³-hybridized carbons (Fsp3) is 0.381. The number of amides is 1. The molecule has 3 aromatic rings. The summed E-state index contributed by atoms with van der Waals surface area (Å²) in [6.45, 7) is 1.05. The predicted octanol–water partition coefficient (Wildman–Crippen LogP) is 4.42. The topological polar surface area (TPSA) is 64.1 Å². The number of rotatable bonds is 8. The molecule has 0 saturated carbocycles. The van der Waals surface area contributed by atoms with Crippen LogP contribution in [0.5, 0.6) is 5.75 Å². The Morgan fingerprint density at radius 2 is 2.18 bits per heavy atom. The van der Waals surface area contributed by atoms with Crippen LogP contribution in [0.1, 0.15) is 50.9 Å². The number of carbonyl (C=O) groups is 1. The molecule has 1 aromatic carbocycles. The Morgan fingerprint density at radius 1 is 1.25 bits per heavy atom. The van der Waals surface area contributed by atoms with Crippen LogP contribution in [-0.2, 0) is 25.9 Å². The maximum Gasteiger partial charge on any atom is 0.251 e. The van der Waals surface area contributed by atoms with Crippen LogP contribution in [0.3, 0.4) is 0 Å². The minimum Gasteiger partial charge on any atom is -0.487 e. The van der Waals surface area contributed by atoms with Crippen LogP contribution in [-0.4, -0.2) is 22.4 Å². The molecule has 7 heteroatoms. The molecule has 2 heterocycles. The second-order valence-corrected chi connectivity index (χ2v) is 8.73. The lowest BCUT2D eigenvalue weighted by molar-refractivity contribution is 0.0952. The summed E-state index contributed by atoms with van der Waals surface area (Å²) in [4.78, 5) is 22.8. The Balaban J connectivity index is 1.23. The maximum absolute atomic E-state index is 12.4. The highest BCUT2D eigenvalue weighted by Gasteiger charge is 2.15. The summed E-state index contributed by atoms with van der Waals surface area (Å²) in [6.07, 6.45) is 6.69. The lowest BCUT2D eigenvalue weighted by Crippen LogP contribution is -2.24. The van der Waals surface area contributed by atoms with Crippen LogP contribution in [0.4, 0.5) is 0 Å². The van der Waals surface area contributed by atoms with Gasteiger partial charge in [0.1, 0.15) is 12.4 Å². The summed E-state index contributed by atoms with van der Waals surface area (Å²) in [5.41, 5.74) is 4.60. The van der Waals surface area contributed by atoms with Gasteiger partial charge in [0.15, 0.2) is 0 Å². The third kappa shape index (κ3) is 4.97. The molecule has 5 nitrogen and oxygen atoms in total. The Hall–Kier alpha value is -2.25. The van der Waals surface area contributed by atoms with E-state index in [1.807, 2.05) is 28.8 Å². The predicted molar refractivity (Wildman–Crippen MR) is 112 cm³/mol. The van der Waals surface area contributed by atoms with Gasteiger partial charge >= 0.3 is 0 Å². The summed E-state index contributed by atoms with van der Waals surface area (Å²) in [7, 11) is 0. The van der Waals surface area contributed by atoms with Crippen molar-refractivity contribution in [3.8, 4) is 5.75 Å². The summed E-state index contributed by atoms with van der Waals surface area (Å²) >= 11 is 3.39. The van der Waals surface area contributed by atoms with Gasteiger partial charge in [-0.3, -0.25) is 4.79 Å². The van der Waals surface area contributed by atoms with E-state index in [2.05, 4.69) is 10.3 Å². The van der Waals surface area contributed by atoms with Crippen molar-refractivity contribution in [3.63, 3.8) is 0 Å². The van der Waals surface area contributed by atoms with Gasteiger partial charge in [0.25, 0.3) is 5.91 Å². The van der Waals surface area contributed by atoms with Crippen LogP contribution < -0.4 is 10.1 Å². The van der Waals surface area contributed by atoms with E-state index in [0.29, 0.717) is 24.5 Å². The van der Waals surface area contributed by atoms with Gasteiger partial charge in [0.2, 0.25) is 0 Å². The van der Waals surface area contributed by atoms with Gasteiger partial charge in [0, 0.05) is 28.8 Å². The van der Waals surface area contributed by atoms with Gasteiger partial charge < -0.3 is 10.1 Å². The quantitative estimate of drug-likeness (QED) is 0.555. The van der Waals surface area contributed by atoms with E-state index in [-0.39, 0.29) is 5.91 Å². The normalized spacial score (nSPS) is 13.1. The van der Waals surface area contributed by atoms with E-state index in [1.54, 1.807) is 29.0 Å². The molecule has 0 aliphatic heterocycles. The molecule has 0 unspecified atom stereocenters. The molecular formula is C21H23N3O2S2. The number of hydrogen-bond donors (Lipinski definition) is 1. The highest BCUT2D eigenvalue weighted by atomic mass is 32.1. The third-order valence-electron chi connectivity index (χ3n) is 4.71. The van der Waals surface area contributed by atoms with Gasteiger partial charge in [-0.05, 0) is 50.3 Å². The smallest absolute Gasteiger partial charge is 0.251 e. The number of ether oxygens (including phenoxy) is 1. The number of carbonyl (C=O) groups excluding carboxylic acids is 1. The minimum absolute atomic E-state index is 0.0717. The van der Waals surface area contributed by atoms with E-state index >= 15 is 0 Å². The second kappa shape index (κ2) is 9.30. The van der Waals surface area contributed by atoms with Crippen molar-refractivity contribution in [2.75, 3.05) is 6.54 Å². The summed E-state index contributed by atoms with van der Waals surface area (Å²) in [6, 6.07) is 7.27. The average Bonchev–Trinajstić information content (AvgIpc) is 3.39. The van der Waals surface area contributed by atoms with Crippen LogP contribution >= 0.6 is 22.7 Å². The molecule has 0 spiro atoms. The molecule has 146 valence electrons. The first-order valence-electron chi connectivity index (χ1n) is 9.63. The molecule has 0 radical (unpaired) electrons. The SMILES string of the molecule is O=C(NCCCc1nc2c(s1)CCCC2)c1cccc(OCc2cscn2)c1. The van der Waals surface area contributed by atoms with E-state index in [0.717, 1.165) is 25.0 Å². The highest BCUT2D eigenvalue weighted by molar-refractivity contribution is 7.11. The molecule has 0 atom stereocenters. The van der Waals surface area contributed by atoms with Gasteiger partial charge in [-0.1, -0.05) is 6.07 Å². The van der Waals surface area contributed by atoms with Gasteiger partial charge in [-0.2, -0.15) is 0 Å². The number of benzene rings is 1. The summed E-state index contributed by atoms with van der Waals surface area (Å²) in [5, 5.41) is 6.16. The zero-order valence-corrected chi connectivity index (χ0v) is 17.3. The molecule has 1 amide bonds. The van der Waals surface area contributed by atoms with Crippen molar-refractivity contribution in [2.45, 2.75) is 45.1 Å². The maximum atomic E-state index is 12.4. The fourth-order valence-corrected chi connectivity index (χ4v) is 4.99. The summed E-state index contributed by atoms with van der Waals surface area (Å²) in [5.74, 6) is 0.603. The number of aryl methyl sites for hydroxylation is 3. The average molecular weight is 414 g/mol. The van der Waals surface area contributed by atoms with Gasteiger partial charge in [-0.15, -0.1) is 22.7 Å². The van der Waals surface area contributed by atoms with E-state index in [9.17, 15) is 4.79 Å². The van der Waals surface area contributed by atoms with E-state index in [4.69, 9.17) is 9.72 Å². The number of thiazole rings is 2. The zero-order valence-electron chi connectivity index (χ0n) is 15.6. The molecule has 0 saturated heterocycles. The first-order chi connectivity index (χ1) is 13.8. The van der Waals surface area contributed by atoms with Crippen molar-refractivity contribution >= 4 is 28.6 Å².